The Hall–Kier alpha value is -0.0800. The SMILES string of the molecule is CC1(CCC[O])COC1. The molecule has 1 rings (SSSR count). The molecule has 1 fully saturated rings. The Morgan fingerprint density at radius 2 is 2.22 bits per heavy atom. The zero-order chi connectivity index (χ0) is 6.74. The van der Waals surface area contributed by atoms with Crippen LogP contribution in [0.1, 0.15) is 19.8 Å². The summed E-state index contributed by atoms with van der Waals surface area (Å²) >= 11 is 0. The molecule has 0 N–H and O–H groups in total. The van der Waals surface area contributed by atoms with E-state index in [2.05, 4.69) is 6.92 Å². The molecule has 0 aromatic rings. The molecule has 0 amide bonds. The number of rotatable bonds is 3. The molecule has 1 heterocycles. The lowest BCUT2D eigenvalue weighted by atomic mass is 9.84. The first kappa shape index (κ1) is 7.03. The van der Waals surface area contributed by atoms with Crippen molar-refractivity contribution in [2.45, 2.75) is 19.8 Å². The van der Waals surface area contributed by atoms with Crippen LogP contribution < -0.4 is 0 Å². The lowest BCUT2D eigenvalue weighted by molar-refractivity contribution is -0.108. The Labute approximate surface area is 55.8 Å². The number of hydrogen-bond donors (Lipinski definition) is 0. The molecular formula is C7H13O2. The second-order valence-corrected chi connectivity index (χ2v) is 3.11. The Bertz CT molecular complexity index is 86.9. The highest BCUT2D eigenvalue weighted by Crippen LogP contribution is 2.31. The smallest absolute Gasteiger partial charge is 0.0822 e. The van der Waals surface area contributed by atoms with Gasteiger partial charge in [0.25, 0.3) is 0 Å². The Morgan fingerprint density at radius 3 is 2.56 bits per heavy atom. The molecule has 0 atom stereocenters. The molecule has 53 valence electrons. The lowest BCUT2D eigenvalue weighted by Crippen LogP contribution is -2.39. The molecule has 1 aliphatic heterocycles. The van der Waals surface area contributed by atoms with Crippen molar-refractivity contribution in [2.24, 2.45) is 5.41 Å². The van der Waals surface area contributed by atoms with Gasteiger partial charge in [0.1, 0.15) is 0 Å². The second kappa shape index (κ2) is 2.67. The van der Waals surface area contributed by atoms with Gasteiger partial charge in [0.15, 0.2) is 0 Å². The predicted octanol–water partition coefficient (Wildman–Crippen LogP) is 1.23. The van der Waals surface area contributed by atoms with Crippen LogP contribution in [0.3, 0.4) is 0 Å². The Balaban J connectivity index is 2.09. The van der Waals surface area contributed by atoms with Gasteiger partial charge >= 0.3 is 0 Å². The molecule has 2 nitrogen and oxygen atoms in total. The van der Waals surface area contributed by atoms with Gasteiger partial charge in [0.2, 0.25) is 0 Å². The topological polar surface area (TPSA) is 29.1 Å². The van der Waals surface area contributed by atoms with Crippen molar-refractivity contribution in [3.63, 3.8) is 0 Å². The Morgan fingerprint density at radius 1 is 1.56 bits per heavy atom. The fourth-order valence-electron chi connectivity index (χ4n) is 1.09. The van der Waals surface area contributed by atoms with E-state index in [1.165, 1.54) is 0 Å². The van der Waals surface area contributed by atoms with Gasteiger partial charge in [0, 0.05) is 5.41 Å². The van der Waals surface area contributed by atoms with Crippen molar-refractivity contribution in [2.75, 3.05) is 19.8 Å². The monoisotopic (exact) mass is 129 g/mol. The fraction of sp³-hybridized carbons (Fsp3) is 1.00. The van der Waals surface area contributed by atoms with Crippen LogP contribution in [0.25, 0.3) is 0 Å². The molecule has 0 spiro atoms. The van der Waals surface area contributed by atoms with Crippen LogP contribution in [0, 0.1) is 5.41 Å². The average molecular weight is 129 g/mol. The van der Waals surface area contributed by atoms with E-state index in [0.29, 0.717) is 5.41 Å². The summed E-state index contributed by atoms with van der Waals surface area (Å²) in [6.07, 6.45) is 1.84. The molecule has 0 aromatic heterocycles. The molecule has 0 saturated carbocycles. The minimum absolute atomic E-state index is 0.0651. The first-order chi connectivity index (χ1) is 4.27. The molecule has 0 aromatic carbocycles. The normalized spacial score (nSPS) is 23.3. The molecule has 9 heavy (non-hydrogen) atoms. The quantitative estimate of drug-likeness (QED) is 0.563. The maximum atomic E-state index is 10.1. The zero-order valence-corrected chi connectivity index (χ0v) is 5.85. The standard InChI is InChI=1S/C7H13O2/c1-7(3-2-4-8)5-9-6-7/h2-6H2,1H3. The van der Waals surface area contributed by atoms with E-state index in [1.807, 2.05) is 0 Å². The van der Waals surface area contributed by atoms with E-state index < -0.39 is 0 Å². The van der Waals surface area contributed by atoms with Gasteiger partial charge in [-0.2, -0.15) is 0 Å². The summed E-state index contributed by atoms with van der Waals surface area (Å²) in [7, 11) is 0. The molecular weight excluding hydrogens is 116 g/mol. The van der Waals surface area contributed by atoms with Crippen LogP contribution in [-0.2, 0) is 9.84 Å². The van der Waals surface area contributed by atoms with Crippen LogP contribution in [-0.4, -0.2) is 19.8 Å². The summed E-state index contributed by atoms with van der Waals surface area (Å²) in [5.41, 5.74) is 0.352. The highest BCUT2D eigenvalue weighted by atomic mass is 16.5. The molecule has 0 aliphatic carbocycles. The van der Waals surface area contributed by atoms with Gasteiger partial charge in [-0.15, -0.1) is 0 Å². The maximum absolute atomic E-state index is 10.1. The fourth-order valence-corrected chi connectivity index (χ4v) is 1.09. The van der Waals surface area contributed by atoms with Gasteiger partial charge < -0.3 is 4.74 Å². The largest absolute Gasteiger partial charge is 0.380 e. The van der Waals surface area contributed by atoms with Gasteiger partial charge in [-0.05, 0) is 12.8 Å². The van der Waals surface area contributed by atoms with Crippen LogP contribution in [0.5, 0.6) is 0 Å². The number of ether oxygens (including phenoxy) is 1. The maximum Gasteiger partial charge on any atom is 0.0822 e. The lowest BCUT2D eigenvalue weighted by Gasteiger charge is -2.37. The summed E-state index contributed by atoms with van der Waals surface area (Å²) in [4.78, 5) is 0. The van der Waals surface area contributed by atoms with Gasteiger partial charge in [0.05, 0.1) is 19.8 Å². The van der Waals surface area contributed by atoms with Gasteiger partial charge in [-0.1, -0.05) is 6.92 Å². The minimum Gasteiger partial charge on any atom is -0.380 e. The van der Waals surface area contributed by atoms with E-state index in [4.69, 9.17) is 4.74 Å². The van der Waals surface area contributed by atoms with E-state index in [9.17, 15) is 5.11 Å². The van der Waals surface area contributed by atoms with E-state index in [1.54, 1.807) is 0 Å². The molecule has 1 radical (unpaired) electrons. The molecule has 0 unspecified atom stereocenters. The van der Waals surface area contributed by atoms with Crippen molar-refractivity contribution in [3.8, 4) is 0 Å². The first-order valence-corrected chi connectivity index (χ1v) is 3.43. The van der Waals surface area contributed by atoms with Crippen LogP contribution in [0.4, 0.5) is 0 Å². The second-order valence-electron chi connectivity index (χ2n) is 3.11. The van der Waals surface area contributed by atoms with Crippen molar-refractivity contribution in [1.29, 1.82) is 0 Å². The van der Waals surface area contributed by atoms with Crippen LogP contribution >= 0.6 is 0 Å². The third-order valence-corrected chi connectivity index (χ3v) is 1.83. The summed E-state index contributed by atoms with van der Waals surface area (Å²) in [6.45, 7) is 3.95. The van der Waals surface area contributed by atoms with Crippen molar-refractivity contribution >= 4 is 0 Å². The Kier molecular flexibility index (Phi) is 2.09. The highest BCUT2D eigenvalue weighted by molar-refractivity contribution is 4.79. The first-order valence-electron chi connectivity index (χ1n) is 3.43. The predicted molar refractivity (Wildman–Crippen MR) is 33.7 cm³/mol. The van der Waals surface area contributed by atoms with Crippen LogP contribution in [0.15, 0.2) is 0 Å². The molecule has 2 heteroatoms. The van der Waals surface area contributed by atoms with Crippen molar-refractivity contribution in [3.05, 3.63) is 0 Å². The summed E-state index contributed by atoms with van der Waals surface area (Å²) in [5, 5.41) is 10.1. The molecule has 1 saturated heterocycles. The molecule has 0 bridgehead atoms. The van der Waals surface area contributed by atoms with E-state index in [-0.39, 0.29) is 6.61 Å². The summed E-state index contributed by atoms with van der Waals surface area (Å²) < 4.78 is 5.03. The summed E-state index contributed by atoms with van der Waals surface area (Å²) in [6, 6.07) is 0. The molecule has 1 aliphatic rings. The van der Waals surface area contributed by atoms with Gasteiger partial charge in [-0.3, -0.25) is 0 Å². The van der Waals surface area contributed by atoms with Crippen LogP contribution in [0.2, 0.25) is 0 Å². The van der Waals surface area contributed by atoms with Crippen molar-refractivity contribution < 1.29 is 9.84 Å². The highest BCUT2D eigenvalue weighted by Gasteiger charge is 2.32. The zero-order valence-electron chi connectivity index (χ0n) is 5.85. The van der Waals surface area contributed by atoms with Gasteiger partial charge in [-0.25, -0.2) is 5.11 Å². The minimum atomic E-state index is 0.0651. The third kappa shape index (κ3) is 1.66. The average Bonchev–Trinajstić information content (AvgIpc) is 1.79. The summed E-state index contributed by atoms with van der Waals surface area (Å²) in [5.74, 6) is 0. The van der Waals surface area contributed by atoms with Crippen molar-refractivity contribution in [1.82, 2.24) is 0 Å². The van der Waals surface area contributed by atoms with E-state index >= 15 is 0 Å². The van der Waals surface area contributed by atoms with E-state index in [0.717, 1.165) is 26.1 Å². The third-order valence-electron chi connectivity index (χ3n) is 1.83. The number of hydrogen-bond acceptors (Lipinski definition) is 1.